The Morgan fingerprint density at radius 2 is 2.05 bits per heavy atom. The van der Waals surface area contributed by atoms with Gasteiger partial charge in [0.2, 0.25) is 0 Å². The molecule has 0 bridgehead atoms. The van der Waals surface area contributed by atoms with Crippen LogP contribution in [-0.2, 0) is 13.6 Å². The van der Waals surface area contributed by atoms with Crippen LogP contribution < -0.4 is 0 Å². The molecule has 0 amide bonds. The van der Waals surface area contributed by atoms with Crippen LogP contribution in [0.5, 0.6) is 0 Å². The first-order valence-electron chi connectivity index (χ1n) is 6.90. The first-order valence-corrected chi connectivity index (χ1v) is 6.90. The van der Waals surface area contributed by atoms with Gasteiger partial charge in [-0.3, -0.25) is 9.69 Å². The maximum Gasteiger partial charge on any atom is 0.162 e. The summed E-state index contributed by atoms with van der Waals surface area (Å²) in [5, 5.41) is 0. The molecule has 0 radical (unpaired) electrons. The van der Waals surface area contributed by atoms with Gasteiger partial charge in [0.05, 0.1) is 6.54 Å². The second kappa shape index (κ2) is 7.01. The van der Waals surface area contributed by atoms with Crippen molar-refractivity contribution in [3.8, 4) is 0 Å². The lowest BCUT2D eigenvalue weighted by atomic mass is 10.1. The minimum atomic E-state index is 0.219. The molecule has 1 aromatic heterocycles. The van der Waals surface area contributed by atoms with Crippen LogP contribution in [0.3, 0.4) is 0 Å². The van der Waals surface area contributed by atoms with E-state index in [0.717, 1.165) is 30.9 Å². The lowest BCUT2D eigenvalue weighted by Gasteiger charge is -2.15. The van der Waals surface area contributed by atoms with Gasteiger partial charge in [-0.2, -0.15) is 0 Å². The van der Waals surface area contributed by atoms with E-state index in [1.54, 1.807) is 0 Å². The first kappa shape index (κ1) is 14.5. The molecule has 2 aromatic rings. The molecule has 0 aliphatic carbocycles. The van der Waals surface area contributed by atoms with Crippen molar-refractivity contribution in [3.63, 3.8) is 0 Å². The average Bonchev–Trinajstić information content (AvgIpc) is 2.85. The van der Waals surface area contributed by atoms with Crippen LogP contribution in [0.4, 0.5) is 0 Å². The molecule has 1 aromatic carbocycles. The fourth-order valence-corrected chi connectivity index (χ4v) is 2.15. The Hall–Kier alpha value is -1.94. The fraction of sp³-hybridized carbons (Fsp3) is 0.375. The highest BCUT2D eigenvalue weighted by molar-refractivity contribution is 5.95. The highest BCUT2D eigenvalue weighted by Gasteiger charge is 2.07. The van der Waals surface area contributed by atoms with Crippen molar-refractivity contribution < 1.29 is 4.79 Å². The van der Waals surface area contributed by atoms with E-state index in [1.807, 2.05) is 54.3 Å². The summed E-state index contributed by atoms with van der Waals surface area (Å²) in [5.74, 6) is 1.26. The van der Waals surface area contributed by atoms with Gasteiger partial charge in [0, 0.05) is 31.4 Å². The van der Waals surface area contributed by atoms with Gasteiger partial charge in [0.25, 0.3) is 0 Å². The Kier molecular flexibility index (Phi) is 5.07. The van der Waals surface area contributed by atoms with E-state index in [1.165, 1.54) is 0 Å². The lowest BCUT2D eigenvalue weighted by Crippen LogP contribution is -2.21. The number of aromatic nitrogens is 2. The third-order valence-electron chi connectivity index (χ3n) is 3.37. The third-order valence-corrected chi connectivity index (χ3v) is 3.37. The van der Waals surface area contributed by atoms with Crippen LogP contribution >= 0.6 is 0 Å². The predicted octanol–water partition coefficient (Wildman–Crippen LogP) is 2.52. The predicted molar refractivity (Wildman–Crippen MR) is 79.5 cm³/mol. The van der Waals surface area contributed by atoms with E-state index in [4.69, 9.17) is 0 Å². The van der Waals surface area contributed by atoms with Crippen LogP contribution in [0.25, 0.3) is 0 Å². The Balaban J connectivity index is 1.73. The van der Waals surface area contributed by atoms with Crippen molar-refractivity contribution in [3.05, 3.63) is 54.1 Å². The highest BCUT2D eigenvalue weighted by Crippen LogP contribution is 2.06. The number of aryl methyl sites for hydroxylation is 1. The van der Waals surface area contributed by atoms with Crippen molar-refractivity contribution in [2.75, 3.05) is 13.6 Å². The zero-order valence-corrected chi connectivity index (χ0v) is 12.1. The number of carbonyl (C=O) groups excluding carboxylic acids is 1. The smallest absolute Gasteiger partial charge is 0.162 e. The fourth-order valence-electron chi connectivity index (χ4n) is 2.15. The second-order valence-corrected chi connectivity index (χ2v) is 5.08. The van der Waals surface area contributed by atoms with Crippen LogP contribution in [0.2, 0.25) is 0 Å². The van der Waals surface area contributed by atoms with Gasteiger partial charge < -0.3 is 4.57 Å². The average molecular weight is 271 g/mol. The highest BCUT2D eigenvalue weighted by atomic mass is 16.1. The van der Waals surface area contributed by atoms with Crippen molar-refractivity contribution in [1.82, 2.24) is 14.5 Å². The summed E-state index contributed by atoms with van der Waals surface area (Å²) in [6.07, 6.45) is 5.22. The van der Waals surface area contributed by atoms with Crippen LogP contribution in [0, 0.1) is 0 Å². The standard InChI is InChI=1S/C16H21N3O/c1-18(13-16-17-10-12-19(16)2)11-6-9-15(20)14-7-4-3-5-8-14/h3-5,7-8,10,12H,6,9,11,13H2,1-2H3. The van der Waals surface area contributed by atoms with Crippen molar-refractivity contribution in [2.24, 2.45) is 7.05 Å². The summed E-state index contributed by atoms with van der Waals surface area (Å²) >= 11 is 0. The number of ketones is 1. The molecule has 0 aliphatic rings. The van der Waals surface area contributed by atoms with Gasteiger partial charge in [-0.05, 0) is 20.0 Å². The van der Waals surface area contributed by atoms with Gasteiger partial charge in [0.15, 0.2) is 5.78 Å². The number of carbonyl (C=O) groups is 1. The number of Topliss-reactive ketones (excluding diaryl/α,β-unsaturated/α-hetero) is 1. The molecule has 0 aliphatic heterocycles. The zero-order valence-electron chi connectivity index (χ0n) is 12.1. The monoisotopic (exact) mass is 271 g/mol. The summed E-state index contributed by atoms with van der Waals surface area (Å²) in [7, 11) is 4.05. The molecule has 0 N–H and O–H groups in total. The summed E-state index contributed by atoms with van der Waals surface area (Å²) in [5.41, 5.74) is 0.805. The number of benzene rings is 1. The normalized spacial score (nSPS) is 10.9. The van der Waals surface area contributed by atoms with Crippen molar-refractivity contribution >= 4 is 5.78 Å². The molecule has 0 saturated carbocycles. The molecule has 0 unspecified atom stereocenters. The molecule has 1 heterocycles. The van der Waals surface area contributed by atoms with Gasteiger partial charge in [0.1, 0.15) is 5.82 Å². The summed E-state index contributed by atoms with van der Waals surface area (Å²) in [6, 6.07) is 9.48. The largest absolute Gasteiger partial charge is 0.337 e. The van der Waals surface area contributed by atoms with Gasteiger partial charge in [-0.1, -0.05) is 30.3 Å². The molecular weight excluding hydrogens is 250 g/mol. The molecule has 2 rings (SSSR count). The van der Waals surface area contributed by atoms with E-state index in [2.05, 4.69) is 16.9 Å². The van der Waals surface area contributed by atoms with Gasteiger partial charge in [-0.25, -0.2) is 4.98 Å². The quantitative estimate of drug-likeness (QED) is 0.726. The Bertz CT molecular complexity index is 548. The SMILES string of the molecule is CN(CCCC(=O)c1ccccc1)Cc1nccn1C. The van der Waals surface area contributed by atoms with Gasteiger partial charge >= 0.3 is 0 Å². The molecule has 0 spiro atoms. The lowest BCUT2D eigenvalue weighted by molar-refractivity contribution is 0.0976. The first-order chi connectivity index (χ1) is 9.66. The number of nitrogens with zero attached hydrogens (tertiary/aromatic N) is 3. The Labute approximate surface area is 120 Å². The van der Waals surface area contributed by atoms with E-state index in [-0.39, 0.29) is 5.78 Å². The molecule has 20 heavy (non-hydrogen) atoms. The number of imidazole rings is 1. The third kappa shape index (κ3) is 4.03. The van der Waals surface area contributed by atoms with Crippen molar-refractivity contribution in [2.45, 2.75) is 19.4 Å². The Morgan fingerprint density at radius 1 is 1.30 bits per heavy atom. The number of hydrogen-bond acceptors (Lipinski definition) is 3. The van der Waals surface area contributed by atoms with Crippen LogP contribution in [0.15, 0.2) is 42.7 Å². The molecule has 0 fully saturated rings. The minimum absolute atomic E-state index is 0.219. The minimum Gasteiger partial charge on any atom is -0.337 e. The molecular formula is C16H21N3O. The number of hydrogen-bond donors (Lipinski definition) is 0. The van der Waals surface area contributed by atoms with Crippen LogP contribution in [0.1, 0.15) is 29.0 Å². The molecule has 4 nitrogen and oxygen atoms in total. The maximum atomic E-state index is 12.0. The maximum absolute atomic E-state index is 12.0. The van der Waals surface area contributed by atoms with E-state index in [9.17, 15) is 4.79 Å². The topological polar surface area (TPSA) is 38.1 Å². The molecule has 4 heteroatoms. The molecule has 0 atom stereocenters. The molecule has 106 valence electrons. The summed E-state index contributed by atoms with van der Waals surface area (Å²) in [4.78, 5) is 18.5. The molecule has 0 saturated heterocycles. The van der Waals surface area contributed by atoms with E-state index < -0.39 is 0 Å². The summed E-state index contributed by atoms with van der Waals surface area (Å²) < 4.78 is 2.02. The van der Waals surface area contributed by atoms with Crippen molar-refractivity contribution in [1.29, 1.82) is 0 Å². The van der Waals surface area contributed by atoms with Crippen LogP contribution in [-0.4, -0.2) is 33.8 Å². The van der Waals surface area contributed by atoms with E-state index in [0.29, 0.717) is 6.42 Å². The van der Waals surface area contributed by atoms with E-state index >= 15 is 0 Å². The second-order valence-electron chi connectivity index (χ2n) is 5.08. The summed E-state index contributed by atoms with van der Waals surface area (Å²) in [6.45, 7) is 1.70. The Morgan fingerprint density at radius 3 is 2.70 bits per heavy atom. The zero-order chi connectivity index (χ0) is 14.4. The van der Waals surface area contributed by atoms with Gasteiger partial charge in [-0.15, -0.1) is 0 Å². The number of rotatable bonds is 7.